The van der Waals surface area contributed by atoms with Crippen LogP contribution in [-0.2, 0) is 0 Å². The van der Waals surface area contributed by atoms with E-state index in [2.05, 4.69) is 42.8 Å². The number of hydrogen-bond acceptors (Lipinski definition) is 4. The molecule has 0 aromatic carbocycles. The molecule has 1 unspecified atom stereocenters. The van der Waals surface area contributed by atoms with E-state index in [0.29, 0.717) is 12.1 Å². The van der Waals surface area contributed by atoms with Crippen molar-refractivity contribution in [1.82, 2.24) is 15.3 Å². The molecule has 1 aliphatic heterocycles. The number of anilines is 1. The largest absolute Gasteiger partial charge is 0.351 e. The molecule has 0 radical (unpaired) electrons. The van der Waals surface area contributed by atoms with Crippen molar-refractivity contribution in [3.63, 3.8) is 0 Å². The highest BCUT2D eigenvalue weighted by Crippen LogP contribution is 2.33. The number of rotatable bonds is 4. The van der Waals surface area contributed by atoms with Crippen molar-refractivity contribution in [2.24, 2.45) is 0 Å². The minimum absolute atomic E-state index is 0.630. The van der Waals surface area contributed by atoms with Gasteiger partial charge >= 0.3 is 0 Å². The Labute approximate surface area is 122 Å². The van der Waals surface area contributed by atoms with Crippen molar-refractivity contribution >= 4 is 28.4 Å². The maximum atomic E-state index is 4.48. The molecule has 1 aromatic heterocycles. The standard InChI is InChI=1S/C13H19IN4/c14-12-7-15-9-17-13(12)18(11-4-5-11)8-10-3-1-2-6-16-10/h7,9-11,16H,1-6,8H2. The molecule has 1 saturated carbocycles. The monoisotopic (exact) mass is 358 g/mol. The first-order valence-electron chi connectivity index (χ1n) is 6.80. The maximum absolute atomic E-state index is 4.48. The Morgan fingerprint density at radius 1 is 1.33 bits per heavy atom. The van der Waals surface area contributed by atoms with E-state index in [0.717, 1.165) is 15.9 Å². The second-order valence-electron chi connectivity index (χ2n) is 5.22. The minimum atomic E-state index is 0.630. The van der Waals surface area contributed by atoms with Crippen LogP contribution in [0, 0.1) is 3.57 Å². The summed E-state index contributed by atoms with van der Waals surface area (Å²) in [5.74, 6) is 1.13. The third-order valence-corrected chi connectivity index (χ3v) is 4.50. The lowest BCUT2D eigenvalue weighted by Crippen LogP contribution is -2.45. The molecule has 1 N–H and O–H groups in total. The molecule has 1 saturated heterocycles. The van der Waals surface area contributed by atoms with Crippen molar-refractivity contribution < 1.29 is 0 Å². The molecule has 0 spiro atoms. The lowest BCUT2D eigenvalue weighted by molar-refractivity contribution is 0.397. The summed E-state index contributed by atoms with van der Waals surface area (Å²) < 4.78 is 1.16. The number of halogens is 1. The van der Waals surface area contributed by atoms with E-state index in [-0.39, 0.29) is 0 Å². The van der Waals surface area contributed by atoms with Crippen LogP contribution in [0.4, 0.5) is 5.82 Å². The van der Waals surface area contributed by atoms with Crippen molar-refractivity contribution in [2.75, 3.05) is 18.0 Å². The molecule has 2 aliphatic rings. The van der Waals surface area contributed by atoms with Gasteiger partial charge in [0.15, 0.2) is 0 Å². The van der Waals surface area contributed by atoms with Gasteiger partial charge in [0.05, 0.1) is 3.57 Å². The van der Waals surface area contributed by atoms with E-state index in [1.807, 2.05) is 6.20 Å². The zero-order valence-corrected chi connectivity index (χ0v) is 12.6. The molecule has 1 aromatic rings. The zero-order chi connectivity index (χ0) is 12.4. The van der Waals surface area contributed by atoms with Gasteiger partial charge < -0.3 is 10.2 Å². The van der Waals surface area contributed by atoms with Gasteiger partial charge in [0.1, 0.15) is 12.1 Å². The van der Waals surface area contributed by atoms with Crippen LogP contribution in [0.2, 0.25) is 0 Å². The fourth-order valence-electron chi connectivity index (χ4n) is 2.63. The Hall–Kier alpha value is -0.430. The predicted octanol–water partition coefficient (Wildman–Crippen LogP) is 2.19. The van der Waals surface area contributed by atoms with Crippen LogP contribution in [0.15, 0.2) is 12.5 Å². The Balaban J connectivity index is 1.73. The first-order chi connectivity index (χ1) is 8.84. The molecule has 0 bridgehead atoms. The van der Waals surface area contributed by atoms with Crippen LogP contribution in [0.3, 0.4) is 0 Å². The molecule has 18 heavy (non-hydrogen) atoms. The van der Waals surface area contributed by atoms with Gasteiger partial charge in [-0.3, -0.25) is 0 Å². The van der Waals surface area contributed by atoms with E-state index in [1.54, 1.807) is 6.33 Å². The molecular weight excluding hydrogens is 339 g/mol. The molecule has 5 heteroatoms. The van der Waals surface area contributed by atoms with Crippen LogP contribution in [0.5, 0.6) is 0 Å². The first-order valence-corrected chi connectivity index (χ1v) is 7.88. The summed E-state index contributed by atoms with van der Waals surface area (Å²) in [4.78, 5) is 11.1. The van der Waals surface area contributed by atoms with Gasteiger partial charge in [-0.25, -0.2) is 9.97 Å². The van der Waals surface area contributed by atoms with E-state index in [9.17, 15) is 0 Å². The van der Waals surface area contributed by atoms with Gasteiger partial charge in [0.25, 0.3) is 0 Å². The fraction of sp³-hybridized carbons (Fsp3) is 0.692. The highest BCUT2D eigenvalue weighted by atomic mass is 127. The smallest absolute Gasteiger partial charge is 0.145 e. The lowest BCUT2D eigenvalue weighted by Gasteiger charge is -2.31. The molecule has 1 atom stereocenters. The Bertz CT molecular complexity index is 402. The number of piperidine rings is 1. The Morgan fingerprint density at radius 3 is 2.89 bits per heavy atom. The molecule has 4 nitrogen and oxygen atoms in total. The second-order valence-corrected chi connectivity index (χ2v) is 6.39. The molecule has 1 aliphatic carbocycles. The van der Waals surface area contributed by atoms with Gasteiger partial charge in [-0.05, 0) is 54.8 Å². The molecule has 2 heterocycles. The van der Waals surface area contributed by atoms with E-state index >= 15 is 0 Å². The molecule has 2 fully saturated rings. The average molecular weight is 358 g/mol. The number of hydrogen-bond donors (Lipinski definition) is 1. The molecular formula is C13H19IN4. The zero-order valence-electron chi connectivity index (χ0n) is 10.5. The van der Waals surface area contributed by atoms with Crippen LogP contribution in [-0.4, -0.2) is 35.1 Å². The van der Waals surface area contributed by atoms with Crippen LogP contribution < -0.4 is 10.2 Å². The summed E-state index contributed by atoms with van der Waals surface area (Å²) in [7, 11) is 0. The summed E-state index contributed by atoms with van der Waals surface area (Å²) in [6.07, 6.45) is 10.2. The number of nitrogens with zero attached hydrogens (tertiary/aromatic N) is 3. The fourth-order valence-corrected chi connectivity index (χ4v) is 3.24. The third kappa shape index (κ3) is 2.93. The molecule has 0 amide bonds. The van der Waals surface area contributed by atoms with Crippen molar-refractivity contribution in [2.45, 2.75) is 44.2 Å². The topological polar surface area (TPSA) is 41.1 Å². The van der Waals surface area contributed by atoms with Crippen LogP contribution in [0.25, 0.3) is 0 Å². The summed E-state index contributed by atoms with van der Waals surface area (Å²) in [6.45, 7) is 2.27. The maximum Gasteiger partial charge on any atom is 0.145 e. The van der Waals surface area contributed by atoms with Crippen molar-refractivity contribution in [3.8, 4) is 0 Å². The molecule has 3 rings (SSSR count). The van der Waals surface area contributed by atoms with Crippen molar-refractivity contribution in [1.29, 1.82) is 0 Å². The minimum Gasteiger partial charge on any atom is -0.351 e. The molecule has 98 valence electrons. The van der Waals surface area contributed by atoms with Gasteiger partial charge in [-0.15, -0.1) is 0 Å². The summed E-state index contributed by atoms with van der Waals surface area (Å²) in [6, 6.07) is 1.34. The summed E-state index contributed by atoms with van der Waals surface area (Å²) >= 11 is 2.34. The van der Waals surface area contributed by atoms with Gasteiger partial charge in [-0.2, -0.15) is 0 Å². The first kappa shape index (κ1) is 12.6. The highest BCUT2D eigenvalue weighted by molar-refractivity contribution is 14.1. The summed E-state index contributed by atoms with van der Waals surface area (Å²) in [5.41, 5.74) is 0. The lowest BCUT2D eigenvalue weighted by atomic mass is 10.0. The quantitative estimate of drug-likeness (QED) is 0.838. The van der Waals surface area contributed by atoms with Gasteiger partial charge in [-0.1, -0.05) is 6.42 Å². The van der Waals surface area contributed by atoms with Crippen molar-refractivity contribution in [3.05, 3.63) is 16.1 Å². The highest BCUT2D eigenvalue weighted by Gasteiger charge is 2.32. The third-order valence-electron chi connectivity index (χ3n) is 3.74. The van der Waals surface area contributed by atoms with E-state index < -0.39 is 0 Å². The average Bonchev–Trinajstić information content (AvgIpc) is 3.23. The second kappa shape index (κ2) is 5.69. The van der Waals surface area contributed by atoms with Crippen LogP contribution >= 0.6 is 22.6 Å². The Morgan fingerprint density at radius 2 is 2.22 bits per heavy atom. The normalized spacial score (nSPS) is 23.9. The Kier molecular flexibility index (Phi) is 3.98. The number of aromatic nitrogens is 2. The van der Waals surface area contributed by atoms with Gasteiger partial charge in [0.2, 0.25) is 0 Å². The van der Waals surface area contributed by atoms with E-state index in [4.69, 9.17) is 0 Å². The van der Waals surface area contributed by atoms with Crippen LogP contribution in [0.1, 0.15) is 32.1 Å². The SMILES string of the molecule is Ic1cncnc1N(CC1CCCCN1)C1CC1. The van der Waals surface area contributed by atoms with Gasteiger partial charge in [0, 0.05) is 24.8 Å². The number of nitrogens with one attached hydrogen (secondary N) is 1. The van der Waals surface area contributed by atoms with E-state index in [1.165, 1.54) is 38.6 Å². The predicted molar refractivity (Wildman–Crippen MR) is 80.8 cm³/mol. The summed E-state index contributed by atoms with van der Waals surface area (Å²) in [5, 5.41) is 3.63.